The van der Waals surface area contributed by atoms with Crippen molar-refractivity contribution in [3.63, 3.8) is 0 Å². The number of benzene rings is 1. The van der Waals surface area contributed by atoms with E-state index in [0.29, 0.717) is 11.8 Å². The molecular weight excluding hydrogens is 372 g/mol. The van der Waals surface area contributed by atoms with Crippen LogP contribution in [-0.2, 0) is 9.53 Å². The lowest BCUT2D eigenvalue weighted by Crippen LogP contribution is -2.45. The number of nitrogens with one attached hydrogen (secondary N) is 1. The summed E-state index contributed by atoms with van der Waals surface area (Å²) in [4.78, 5) is 34.9. The maximum Gasteiger partial charge on any atom is 0.339 e. The van der Waals surface area contributed by atoms with E-state index in [1.807, 2.05) is 6.92 Å². The Hall–Kier alpha value is -2.15. The number of carbonyl (C=O) groups is 2. The number of hydrogen-bond acceptors (Lipinski definition) is 5. The second-order valence-corrected chi connectivity index (χ2v) is 8.01. The molecule has 1 amide bonds. The lowest BCUT2D eigenvalue weighted by molar-refractivity contribution is -0.384. The first-order valence-corrected chi connectivity index (χ1v) is 9.59. The number of nitro benzene ring substituents is 1. The Morgan fingerprint density at radius 1 is 1.30 bits per heavy atom. The summed E-state index contributed by atoms with van der Waals surface area (Å²) in [5, 5.41) is 13.8. The van der Waals surface area contributed by atoms with Crippen molar-refractivity contribution in [2.75, 3.05) is 0 Å². The van der Waals surface area contributed by atoms with E-state index in [0.717, 1.165) is 18.4 Å². The summed E-state index contributed by atoms with van der Waals surface area (Å²) in [6.45, 7) is 3.49. The second kappa shape index (κ2) is 7.84. The van der Waals surface area contributed by atoms with E-state index < -0.39 is 17.0 Å². The minimum Gasteiger partial charge on any atom is -0.449 e. The van der Waals surface area contributed by atoms with E-state index >= 15 is 0 Å². The Morgan fingerprint density at radius 2 is 2.04 bits per heavy atom. The molecule has 1 aromatic rings. The molecule has 146 valence electrons. The van der Waals surface area contributed by atoms with Crippen LogP contribution in [0.25, 0.3) is 0 Å². The number of halogens is 1. The van der Waals surface area contributed by atoms with Crippen molar-refractivity contribution in [2.24, 2.45) is 17.8 Å². The number of ether oxygens (including phenoxy) is 1. The van der Waals surface area contributed by atoms with E-state index in [9.17, 15) is 19.7 Å². The molecule has 0 aromatic heterocycles. The van der Waals surface area contributed by atoms with Crippen molar-refractivity contribution in [3.05, 3.63) is 38.9 Å². The summed E-state index contributed by atoms with van der Waals surface area (Å²) in [5.74, 6) is 0.787. The number of nitro groups is 1. The maximum atomic E-state index is 12.4. The van der Waals surface area contributed by atoms with Crippen molar-refractivity contribution >= 4 is 29.2 Å². The molecule has 0 heterocycles. The molecule has 2 aliphatic carbocycles. The average molecular weight is 395 g/mol. The van der Waals surface area contributed by atoms with Gasteiger partial charge in [-0.2, -0.15) is 0 Å². The molecule has 2 bridgehead atoms. The SMILES string of the molecule is C[C@H](OC(=O)c1ccc(Cl)c([N+](=O)[O-])c1)C(=O)N[C@H](C)[C@H]1C[C@H]2CC[C@H]1C2. The van der Waals surface area contributed by atoms with E-state index in [1.54, 1.807) is 0 Å². The van der Waals surface area contributed by atoms with Crippen LogP contribution < -0.4 is 5.32 Å². The summed E-state index contributed by atoms with van der Waals surface area (Å²) in [7, 11) is 0. The lowest BCUT2D eigenvalue weighted by atomic mass is 9.84. The van der Waals surface area contributed by atoms with Crippen LogP contribution in [0.2, 0.25) is 5.02 Å². The zero-order valence-electron chi connectivity index (χ0n) is 15.3. The van der Waals surface area contributed by atoms with Crippen LogP contribution in [0.15, 0.2) is 18.2 Å². The molecule has 0 saturated heterocycles. The van der Waals surface area contributed by atoms with Crippen LogP contribution in [0.3, 0.4) is 0 Å². The van der Waals surface area contributed by atoms with Crippen molar-refractivity contribution in [2.45, 2.75) is 51.7 Å². The molecule has 2 fully saturated rings. The summed E-state index contributed by atoms with van der Waals surface area (Å²) < 4.78 is 5.18. The molecule has 8 heteroatoms. The van der Waals surface area contributed by atoms with E-state index in [1.165, 1.54) is 38.3 Å². The van der Waals surface area contributed by atoms with Gasteiger partial charge < -0.3 is 10.1 Å². The average Bonchev–Trinajstić information content (AvgIpc) is 3.24. The summed E-state index contributed by atoms with van der Waals surface area (Å²) >= 11 is 5.74. The highest BCUT2D eigenvalue weighted by Gasteiger charge is 2.42. The van der Waals surface area contributed by atoms with Gasteiger partial charge in [0.05, 0.1) is 10.5 Å². The number of rotatable bonds is 6. The van der Waals surface area contributed by atoms with Crippen molar-refractivity contribution in [1.29, 1.82) is 0 Å². The minimum absolute atomic E-state index is 0.0214. The van der Waals surface area contributed by atoms with Gasteiger partial charge in [-0.25, -0.2) is 4.79 Å². The van der Waals surface area contributed by atoms with Gasteiger partial charge >= 0.3 is 5.97 Å². The van der Waals surface area contributed by atoms with E-state index in [4.69, 9.17) is 16.3 Å². The zero-order valence-corrected chi connectivity index (χ0v) is 16.1. The fraction of sp³-hybridized carbons (Fsp3) is 0.579. The monoisotopic (exact) mass is 394 g/mol. The molecule has 5 atom stereocenters. The van der Waals surface area contributed by atoms with Gasteiger partial charge in [0.15, 0.2) is 6.10 Å². The highest BCUT2D eigenvalue weighted by Crippen LogP contribution is 2.49. The number of nitrogens with zero attached hydrogens (tertiary/aromatic N) is 1. The lowest BCUT2D eigenvalue weighted by Gasteiger charge is -2.29. The van der Waals surface area contributed by atoms with Gasteiger partial charge in [-0.15, -0.1) is 0 Å². The van der Waals surface area contributed by atoms with E-state index in [2.05, 4.69) is 5.32 Å². The summed E-state index contributed by atoms with van der Waals surface area (Å²) in [6, 6.07) is 3.68. The largest absolute Gasteiger partial charge is 0.449 e. The van der Waals surface area contributed by atoms with Gasteiger partial charge in [0.25, 0.3) is 11.6 Å². The Morgan fingerprint density at radius 3 is 2.63 bits per heavy atom. The topological polar surface area (TPSA) is 98.5 Å². The zero-order chi connectivity index (χ0) is 19.7. The number of amides is 1. The molecule has 0 spiro atoms. The molecule has 0 unspecified atom stereocenters. The number of esters is 1. The Bertz CT molecular complexity index is 768. The molecule has 2 aliphatic rings. The predicted octanol–water partition coefficient (Wildman–Crippen LogP) is 3.73. The van der Waals surface area contributed by atoms with Gasteiger partial charge in [0, 0.05) is 12.1 Å². The van der Waals surface area contributed by atoms with Crippen molar-refractivity contribution in [1.82, 2.24) is 5.32 Å². The maximum absolute atomic E-state index is 12.4. The first kappa shape index (κ1) is 19.6. The third kappa shape index (κ3) is 4.24. The molecule has 2 saturated carbocycles. The fourth-order valence-corrected chi connectivity index (χ4v) is 4.60. The van der Waals surface area contributed by atoms with Gasteiger partial charge in [-0.3, -0.25) is 14.9 Å². The van der Waals surface area contributed by atoms with Crippen LogP contribution in [-0.4, -0.2) is 28.9 Å². The molecule has 1 N–H and O–H groups in total. The first-order chi connectivity index (χ1) is 12.8. The molecule has 0 radical (unpaired) electrons. The van der Waals surface area contributed by atoms with Crippen LogP contribution >= 0.6 is 11.6 Å². The molecule has 27 heavy (non-hydrogen) atoms. The predicted molar refractivity (Wildman–Crippen MR) is 99.5 cm³/mol. The third-order valence-corrected chi connectivity index (χ3v) is 6.16. The van der Waals surface area contributed by atoms with Crippen LogP contribution in [0, 0.1) is 27.9 Å². The summed E-state index contributed by atoms with van der Waals surface area (Å²) in [6.07, 6.45) is 3.94. The number of carbonyl (C=O) groups excluding carboxylic acids is 2. The Labute approximate surface area is 162 Å². The Balaban J connectivity index is 1.57. The fourth-order valence-electron chi connectivity index (χ4n) is 4.42. The molecule has 3 rings (SSSR count). The van der Waals surface area contributed by atoms with Crippen LogP contribution in [0.1, 0.15) is 49.9 Å². The Kier molecular flexibility index (Phi) is 5.69. The van der Waals surface area contributed by atoms with Gasteiger partial charge in [0.2, 0.25) is 0 Å². The smallest absolute Gasteiger partial charge is 0.339 e. The van der Waals surface area contributed by atoms with E-state index in [-0.39, 0.29) is 28.2 Å². The van der Waals surface area contributed by atoms with Gasteiger partial charge in [0.1, 0.15) is 5.02 Å². The second-order valence-electron chi connectivity index (χ2n) is 7.61. The van der Waals surface area contributed by atoms with Gasteiger partial charge in [-0.05, 0) is 63.0 Å². The van der Waals surface area contributed by atoms with Crippen molar-refractivity contribution < 1.29 is 19.2 Å². The molecule has 7 nitrogen and oxygen atoms in total. The number of fused-ring (bicyclic) bond motifs is 2. The minimum atomic E-state index is -0.992. The number of hydrogen-bond donors (Lipinski definition) is 1. The highest BCUT2D eigenvalue weighted by molar-refractivity contribution is 6.32. The van der Waals surface area contributed by atoms with Crippen LogP contribution in [0.4, 0.5) is 5.69 Å². The van der Waals surface area contributed by atoms with Crippen LogP contribution in [0.5, 0.6) is 0 Å². The standard InChI is InChI=1S/C19H23ClN2O5/c1-10(15-8-12-3-4-13(15)7-12)21-18(23)11(2)27-19(24)14-5-6-16(20)17(9-14)22(25)26/h5-6,9-13,15H,3-4,7-8H2,1-2H3,(H,21,23)/t10-,11+,12+,13+,15-/m1/s1. The first-order valence-electron chi connectivity index (χ1n) is 9.21. The highest BCUT2D eigenvalue weighted by atomic mass is 35.5. The molecule has 0 aliphatic heterocycles. The third-order valence-electron chi connectivity index (χ3n) is 5.84. The van der Waals surface area contributed by atoms with Gasteiger partial charge in [-0.1, -0.05) is 18.0 Å². The molecule has 1 aromatic carbocycles. The quantitative estimate of drug-likeness (QED) is 0.450. The van der Waals surface area contributed by atoms with Crippen molar-refractivity contribution in [3.8, 4) is 0 Å². The normalized spacial score (nSPS) is 25.7. The molecular formula is C19H23ClN2O5. The summed E-state index contributed by atoms with van der Waals surface area (Å²) in [5.41, 5.74) is -0.403.